The average Bonchev–Trinajstić information content (AvgIpc) is 2.41. The van der Waals surface area contributed by atoms with Gasteiger partial charge in [-0.25, -0.2) is 0 Å². The van der Waals surface area contributed by atoms with Crippen molar-refractivity contribution in [3.05, 3.63) is 0 Å². The number of rotatable bonds is 0. The third-order valence-corrected chi connectivity index (χ3v) is 3.60. The molecule has 2 aliphatic rings. The predicted molar refractivity (Wildman–Crippen MR) is 48.0 cm³/mol. The number of piperidine rings is 1. The lowest BCUT2D eigenvalue weighted by Gasteiger charge is -2.41. The van der Waals surface area contributed by atoms with E-state index >= 15 is 0 Å². The fraction of sp³-hybridized carbons (Fsp3) is 1.00. The Balaban J connectivity index is 2.15. The lowest BCUT2D eigenvalue weighted by molar-refractivity contribution is -0.0120. The van der Waals surface area contributed by atoms with Crippen LogP contribution in [0.1, 0.15) is 13.3 Å². The van der Waals surface area contributed by atoms with E-state index in [-0.39, 0.29) is 11.5 Å². The van der Waals surface area contributed by atoms with Crippen molar-refractivity contribution >= 4 is 0 Å². The van der Waals surface area contributed by atoms with Gasteiger partial charge >= 0.3 is 0 Å². The van der Waals surface area contributed by atoms with Crippen molar-refractivity contribution in [2.75, 3.05) is 26.2 Å². The van der Waals surface area contributed by atoms with Crippen LogP contribution in [-0.2, 0) is 0 Å². The van der Waals surface area contributed by atoms with Crippen molar-refractivity contribution in [3.63, 3.8) is 0 Å². The maximum atomic E-state index is 9.95. The number of hydrogen-bond donors (Lipinski definition) is 3. The van der Waals surface area contributed by atoms with Gasteiger partial charge in [-0.15, -0.1) is 0 Å². The highest BCUT2D eigenvalue weighted by atomic mass is 16.3. The van der Waals surface area contributed by atoms with E-state index < -0.39 is 0 Å². The minimum absolute atomic E-state index is 0.108. The molecule has 2 saturated heterocycles. The van der Waals surface area contributed by atoms with Crippen LogP contribution in [0.4, 0.5) is 0 Å². The van der Waals surface area contributed by atoms with E-state index in [4.69, 9.17) is 0 Å². The molecule has 0 aromatic rings. The summed E-state index contributed by atoms with van der Waals surface area (Å²) in [5, 5.41) is 16.7. The van der Waals surface area contributed by atoms with Gasteiger partial charge in [0, 0.05) is 18.5 Å². The molecule has 70 valence electrons. The van der Waals surface area contributed by atoms with Gasteiger partial charge in [0.1, 0.15) is 0 Å². The molecule has 0 radical (unpaired) electrons. The molecule has 3 heteroatoms. The highest BCUT2D eigenvalue weighted by molar-refractivity contribution is 5.01. The van der Waals surface area contributed by atoms with E-state index in [0.29, 0.717) is 5.92 Å². The normalized spacial score (nSPS) is 48.5. The Hall–Kier alpha value is -0.120. The number of nitrogens with one attached hydrogen (secondary N) is 2. The first-order valence-corrected chi connectivity index (χ1v) is 4.85. The zero-order chi connectivity index (χ0) is 8.60. The molecule has 0 aliphatic carbocycles. The van der Waals surface area contributed by atoms with E-state index in [9.17, 15) is 5.11 Å². The van der Waals surface area contributed by atoms with E-state index in [1.54, 1.807) is 0 Å². The smallest absolute Gasteiger partial charge is 0.0635 e. The van der Waals surface area contributed by atoms with E-state index in [1.807, 2.05) is 0 Å². The Morgan fingerprint density at radius 3 is 2.67 bits per heavy atom. The van der Waals surface area contributed by atoms with Crippen molar-refractivity contribution in [2.45, 2.75) is 19.4 Å². The van der Waals surface area contributed by atoms with Gasteiger partial charge in [0.15, 0.2) is 0 Å². The minimum atomic E-state index is -0.108. The SMILES string of the molecule is CC1CNCC12CNCCC2O. The second-order valence-electron chi connectivity index (χ2n) is 4.25. The van der Waals surface area contributed by atoms with Gasteiger partial charge < -0.3 is 15.7 Å². The first-order valence-electron chi connectivity index (χ1n) is 4.85. The molecule has 0 bridgehead atoms. The van der Waals surface area contributed by atoms with Crippen molar-refractivity contribution in [1.82, 2.24) is 10.6 Å². The molecule has 12 heavy (non-hydrogen) atoms. The molecule has 0 aromatic heterocycles. The van der Waals surface area contributed by atoms with Crippen LogP contribution < -0.4 is 10.6 Å². The van der Waals surface area contributed by atoms with Gasteiger partial charge in [-0.05, 0) is 25.4 Å². The summed E-state index contributed by atoms with van der Waals surface area (Å²) in [4.78, 5) is 0. The monoisotopic (exact) mass is 170 g/mol. The van der Waals surface area contributed by atoms with Crippen molar-refractivity contribution in [2.24, 2.45) is 11.3 Å². The van der Waals surface area contributed by atoms with Gasteiger partial charge in [0.25, 0.3) is 0 Å². The molecule has 3 atom stereocenters. The number of aliphatic hydroxyl groups is 1. The molecule has 3 N–H and O–H groups in total. The van der Waals surface area contributed by atoms with Crippen LogP contribution in [0.5, 0.6) is 0 Å². The molecule has 2 heterocycles. The third kappa shape index (κ3) is 1.08. The van der Waals surface area contributed by atoms with Crippen LogP contribution in [0.2, 0.25) is 0 Å². The van der Waals surface area contributed by atoms with Crippen LogP contribution in [0.3, 0.4) is 0 Å². The molecular formula is C9H18N2O. The highest BCUT2D eigenvalue weighted by Crippen LogP contribution is 2.37. The standard InChI is InChI=1S/C9H18N2O/c1-7-4-11-6-9(7)5-10-3-2-8(9)12/h7-8,10-12H,2-6H2,1H3. The van der Waals surface area contributed by atoms with Gasteiger partial charge in [0.05, 0.1) is 6.10 Å². The van der Waals surface area contributed by atoms with E-state index in [1.165, 1.54) is 0 Å². The summed E-state index contributed by atoms with van der Waals surface area (Å²) in [5.41, 5.74) is 0.123. The largest absolute Gasteiger partial charge is 0.392 e. The molecule has 0 saturated carbocycles. The zero-order valence-electron chi connectivity index (χ0n) is 7.64. The van der Waals surface area contributed by atoms with Crippen LogP contribution in [0.15, 0.2) is 0 Å². The Bertz CT molecular complexity index is 174. The second-order valence-corrected chi connectivity index (χ2v) is 4.25. The maximum Gasteiger partial charge on any atom is 0.0635 e. The van der Waals surface area contributed by atoms with Crippen LogP contribution in [-0.4, -0.2) is 37.4 Å². The molecule has 0 amide bonds. The zero-order valence-corrected chi connectivity index (χ0v) is 7.64. The molecule has 2 rings (SSSR count). The van der Waals surface area contributed by atoms with E-state index in [2.05, 4.69) is 17.6 Å². The predicted octanol–water partition coefficient (Wildman–Crippen LogP) is -0.434. The Labute approximate surface area is 73.5 Å². The molecule has 1 spiro atoms. The van der Waals surface area contributed by atoms with Gasteiger partial charge in [-0.3, -0.25) is 0 Å². The Morgan fingerprint density at radius 1 is 1.33 bits per heavy atom. The topological polar surface area (TPSA) is 44.3 Å². The Kier molecular flexibility index (Phi) is 2.10. The number of hydrogen-bond acceptors (Lipinski definition) is 3. The lowest BCUT2D eigenvalue weighted by Crippen LogP contribution is -2.53. The van der Waals surface area contributed by atoms with E-state index in [0.717, 1.165) is 32.6 Å². The summed E-state index contributed by atoms with van der Waals surface area (Å²) in [6.07, 6.45) is 0.801. The van der Waals surface area contributed by atoms with Crippen LogP contribution >= 0.6 is 0 Å². The first kappa shape index (κ1) is 8.48. The summed E-state index contributed by atoms with van der Waals surface area (Å²) < 4.78 is 0. The quantitative estimate of drug-likeness (QED) is 0.462. The molecule has 2 fully saturated rings. The van der Waals surface area contributed by atoms with Crippen molar-refractivity contribution < 1.29 is 5.11 Å². The summed E-state index contributed by atoms with van der Waals surface area (Å²) in [5.74, 6) is 0.597. The van der Waals surface area contributed by atoms with Gasteiger partial charge in [0.2, 0.25) is 0 Å². The average molecular weight is 170 g/mol. The first-order chi connectivity index (χ1) is 5.76. The fourth-order valence-electron chi connectivity index (χ4n) is 2.55. The van der Waals surface area contributed by atoms with Crippen molar-refractivity contribution in [1.29, 1.82) is 0 Å². The molecule has 0 aromatic carbocycles. The molecular weight excluding hydrogens is 152 g/mol. The summed E-state index contributed by atoms with van der Waals surface area (Å²) in [6, 6.07) is 0. The summed E-state index contributed by atoms with van der Waals surface area (Å²) in [6.45, 7) is 6.20. The van der Waals surface area contributed by atoms with Crippen LogP contribution in [0.25, 0.3) is 0 Å². The lowest BCUT2D eigenvalue weighted by atomic mass is 9.71. The Morgan fingerprint density at radius 2 is 2.08 bits per heavy atom. The maximum absolute atomic E-state index is 9.95. The molecule has 3 unspecified atom stereocenters. The molecule has 2 aliphatic heterocycles. The second kappa shape index (κ2) is 2.98. The summed E-state index contributed by atoms with van der Waals surface area (Å²) >= 11 is 0. The molecule has 3 nitrogen and oxygen atoms in total. The minimum Gasteiger partial charge on any atom is -0.392 e. The third-order valence-electron chi connectivity index (χ3n) is 3.60. The highest BCUT2D eigenvalue weighted by Gasteiger charge is 2.46. The van der Waals surface area contributed by atoms with Gasteiger partial charge in [-0.1, -0.05) is 6.92 Å². The van der Waals surface area contributed by atoms with Crippen molar-refractivity contribution in [3.8, 4) is 0 Å². The summed E-state index contributed by atoms with van der Waals surface area (Å²) in [7, 11) is 0. The fourth-order valence-corrected chi connectivity index (χ4v) is 2.55. The number of aliphatic hydroxyl groups excluding tert-OH is 1. The van der Waals surface area contributed by atoms with Crippen LogP contribution in [0, 0.1) is 11.3 Å². The van der Waals surface area contributed by atoms with Gasteiger partial charge in [-0.2, -0.15) is 0 Å².